The van der Waals surface area contributed by atoms with Gasteiger partial charge in [0.05, 0.1) is 11.9 Å². The summed E-state index contributed by atoms with van der Waals surface area (Å²) >= 11 is 1.54. The van der Waals surface area contributed by atoms with Crippen molar-refractivity contribution in [1.29, 1.82) is 5.26 Å². The van der Waals surface area contributed by atoms with Crippen LogP contribution in [0.4, 0.5) is 0 Å². The van der Waals surface area contributed by atoms with E-state index < -0.39 is 5.54 Å². The van der Waals surface area contributed by atoms with Crippen molar-refractivity contribution < 1.29 is 4.79 Å². The molecule has 0 saturated carbocycles. The lowest BCUT2D eigenvalue weighted by Gasteiger charge is -2.28. The Morgan fingerprint density at radius 2 is 2.29 bits per heavy atom. The second-order valence-electron chi connectivity index (χ2n) is 6.75. The molecular formula is C19H17N7OS. The molecule has 0 aliphatic carbocycles. The molecule has 2 N–H and O–H groups in total. The zero-order chi connectivity index (χ0) is 19.7. The normalized spacial score (nSPS) is 19.2. The van der Waals surface area contributed by atoms with Crippen LogP contribution in [0.5, 0.6) is 0 Å². The van der Waals surface area contributed by atoms with Gasteiger partial charge in [-0.2, -0.15) is 5.26 Å². The third-order valence-electron chi connectivity index (χ3n) is 4.68. The third kappa shape index (κ3) is 3.46. The van der Waals surface area contributed by atoms with Crippen LogP contribution >= 0.6 is 11.8 Å². The average Bonchev–Trinajstić information content (AvgIpc) is 3.10. The number of fused-ring (bicyclic) bond motifs is 1. The summed E-state index contributed by atoms with van der Waals surface area (Å²) in [7, 11) is 0. The predicted molar refractivity (Wildman–Crippen MR) is 106 cm³/mol. The minimum absolute atomic E-state index is 0.126. The molecule has 0 unspecified atom stereocenters. The molecule has 0 spiro atoms. The van der Waals surface area contributed by atoms with Gasteiger partial charge in [-0.05, 0) is 31.0 Å². The summed E-state index contributed by atoms with van der Waals surface area (Å²) < 4.78 is 1.63. The Morgan fingerprint density at radius 1 is 1.43 bits per heavy atom. The summed E-state index contributed by atoms with van der Waals surface area (Å²) in [5.74, 6) is 0.759. The Kier molecular flexibility index (Phi) is 4.57. The van der Waals surface area contributed by atoms with E-state index >= 15 is 0 Å². The number of nitrogens with zero attached hydrogens (tertiary/aromatic N) is 6. The fourth-order valence-electron chi connectivity index (χ4n) is 3.12. The number of rotatable bonds is 4. The van der Waals surface area contributed by atoms with Gasteiger partial charge in [0, 0.05) is 30.8 Å². The lowest BCUT2D eigenvalue weighted by molar-refractivity contribution is 0.0987. The maximum Gasteiger partial charge on any atom is 0.187 e. The first-order valence-corrected chi connectivity index (χ1v) is 9.67. The molecule has 8 nitrogen and oxygen atoms in total. The van der Waals surface area contributed by atoms with E-state index in [4.69, 9.17) is 11.0 Å². The number of ketones is 1. The maximum atomic E-state index is 12.7. The van der Waals surface area contributed by atoms with Crippen molar-refractivity contribution in [1.82, 2.24) is 19.4 Å². The largest absolute Gasteiger partial charge is 0.379 e. The van der Waals surface area contributed by atoms with E-state index in [0.717, 1.165) is 23.4 Å². The van der Waals surface area contributed by atoms with Crippen LogP contribution in [0, 0.1) is 11.3 Å². The van der Waals surface area contributed by atoms with Crippen LogP contribution in [0.15, 0.2) is 41.9 Å². The molecule has 1 aliphatic heterocycles. The van der Waals surface area contributed by atoms with Crippen molar-refractivity contribution in [2.24, 2.45) is 10.7 Å². The molecule has 1 atom stereocenters. The number of aromatic nitrogens is 4. The van der Waals surface area contributed by atoms with Gasteiger partial charge in [0.15, 0.2) is 22.3 Å². The Bertz CT molecular complexity index is 1150. The first-order chi connectivity index (χ1) is 13.5. The van der Waals surface area contributed by atoms with Gasteiger partial charge in [-0.25, -0.2) is 15.0 Å². The number of nitrogens with two attached hydrogens (primary N) is 1. The summed E-state index contributed by atoms with van der Waals surface area (Å²) in [4.78, 5) is 30.0. The zero-order valence-electron chi connectivity index (χ0n) is 15.2. The third-order valence-corrected chi connectivity index (χ3v) is 5.47. The number of thioether (sulfide) groups is 1. The Labute approximate surface area is 165 Å². The zero-order valence-corrected chi connectivity index (χ0v) is 16.0. The fourth-order valence-corrected chi connectivity index (χ4v) is 4.10. The SMILES string of the molecule is C[C@@]1(c2cc(CC(=O)c3cn4cc(C#N)nc4cn3)ccn2)CCSC(N)=N1. The van der Waals surface area contributed by atoms with Gasteiger partial charge in [-0.15, -0.1) is 0 Å². The molecule has 0 saturated heterocycles. The van der Waals surface area contributed by atoms with Crippen LogP contribution in [0.25, 0.3) is 5.65 Å². The Balaban J connectivity index is 1.58. The number of carbonyl (C=O) groups is 1. The molecule has 3 aromatic heterocycles. The Morgan fingerprint density at radius 3 is 3.07 bits per heavy atom. The molecule has 140 valence electrons. The molecule has 3 aromatic rings. The number of Topliss-reactive ketones (excluding diaryl/α,β-unsaturated/α-hetero) is 1. The molecule has 0 fully saturated rings. The summed E-state index contributed by atoms with van der Waals surface area (Å²) in [6.07, 6.45) is 7.38. The molecule has 1 aliphatic rings. The molecule has 9 heteroatoms. The van der Waals surface area contributed by atoms with E-state index in [2.05, 4.69) is 19.9 Å². The molecule has 4 rings (SSSR count). The number of imidazole rings is 1. The van der Waals surface area contributed by atoms with Crippen LogP contribution in [-0.2, 0) is 12.0 Å². The monoisotopic (exact) mass is 391 g/mol. The van der Waals surface area contributed by atoms with Crippen molar-refractivity contribution in [3.63, 3.8) is 0 Å². The fraction of sp³-hybridized carbons (Fsp3) is 0.263. The molecule has 0 amide bonds. The molecule has 0 radical (unpaired) electrons. The van der Waals surface area contributed by atoms with Crippen molar-refractivity contribution in [3.05, 3.63) is 59.6 Å². The highest BCUT2D eigenvalue weighted by Gasteiger charge is 2.31. The topological polar surface area (TPSA) is 122 Å². The molecule has 28 heavy (non-hydrogen) atoms. The van der Waals surface area contributed by atoms with E-state index in [0.29, 0.717) is 16.5 Å². The molecular weight excluding hydrogens is 374 g/mol. The highest BCUT2D eigenvalue weighted by atomic mass is 32.2. The van der Waals surface area contributed by atoms with Crippen LogP contribution in [0.1, 0.15) is 40.8 Å². The van der Waals surface area contributed by atoms with E-state index in [1.807, 2.05) is 25.1 Å². The second-order valence-corrected chi connectivity index (χ2v) is 7.86. The Hall–Kier alpha value is -3.25. The number of carbonyl (C=O) groups excluding carboxylic acids is 1. The van der Waals surface area contributed by atoms with Gasteiger partial charge in [0.1, 0.15) is 17.3 Å². The second kappa shape index (κ2) is 7.05. The lowest BCUT2D eigenvalue weighted by atomic mass is 9.93. The number of pyridine rings is 1. The summed E-state index contributed by atoms with van der Waals surface area (Å²) in [5.41, 5.74) is 8.19. The minimum atomic E-state index is -0.476. The van der Waals surface area contributed by atoms with Crippen LogP contribution in [0.3, 0.4) is 0 Å². The summed E-state index contributed by atoms with van der Waals surface area (Å²) in [5, 5.41) is 9.51. The highest BCUT2D eigenvalue weighted by Crippen LogP contribution is 2.34. The van der Waals surface area contributed by atoms with Crippen LogP contribution < -0.4 is 5.73 Å². The van der Waals surface area contributed by atoms with Gasteiger partial charge >= 0.3 is 0 Å². The first kappa shape index (κ1) is 18.1. The number of hydrogen-bond donors (Lipinski definition) is 1. The van der Waals surface area contributed by atoms with Crippen molar-refractivity contribution in [2.45, 2.75) is 25.3 Å². The first-order valence-electron chi connectivity index (χ1n) is 8.68. The van der Waals surface area contributed by atoms with Gasteiger partial charge in [-0.3, -0.25) is 9.78 Å². The van der Waals surface area contributed by atoms with Gasteiger partial charge in [-0.1, -0.05) is 11.8 Å². The molecule has 0 bridgehead atoms. The number of amidine groups is 1. The predicted octanol–water partition coefficient (Wildman–Crippen LogP) is 2.09. The minimum Gasteiger partial charge on any atom is -0.379 e. The van der Waals surface area contributed by atoms with Crippen molar-refractivity contribution >= 4 is 28.4 Å². The quantitative estimate of drug-likeness (QED) is 0.676. The smallest absolute Gasteiger partial charge is 0.187 e. The highest BCUT2D eigenvalue weighted by molar-refractivity contribution is 8.13. The van der Waals surface area contributed by atoms with Gasteiger partial charge in [0.2, 0.25) is 0 Å². The summed E-state index contributed by atoms with van der Waals surface area (Å²) in [6.45, 7) is 2.01. The van der Waals surface area contributed by atoms with Crippen LogP contribution in [-0.4, -0.2) is 36.1 Å². The van der Waals surface area contributed by atoms with E-state index in [-0.39, 0.29) is 17.9 Å². The van der Waals surface area contributed by atoms with Gasteiger partial charge < -0.3 is 10.1 Å². The van der Waals surface area contributed by atoms with E-state index in [9.17, 15) is 4.79 Å². The average molecular weight is 391 g/mol. The van der Waals surface area contributed by atoms with Crippen LogP contribution in [0.2, 0.25) is 0 Å². The van der Waals surface area contributed by atoms with Crippen molar-refractivity contribution in [3.8, 4) is 6.07 Å². The lowest BCUT2D eigenvalue weighted by Crippen LogP contribution is -2.29. The standard InChI is InChI=1S/C19H17N7OS/c1-19(3-5-28-18(21)25-19)16-7-12(2-4-22-16)6-15(27)14-11-26-10-13(8-20)24-17(26)9-23-14/h2,4,7,9-11H,3,5-6H2,1H3,(H2,21,25)/t19-/m0/s1. The van der Waals surface area contributed by atoms with Crippen molar-refractivity contribution in [2.75, 3.05) is 5.75 Å². The molecule has 4 heterocycles. The number of nitriles is 1. The molecule has 0 aromatic carbocycles. The number of hydrogen-bond acceptors (Lipinski definition) is 8. The van der Waals surface area contributed by atoms with Gasteiger partial charge in [0.25, 0.3) is 0 Å². The van der Waals surface area contributed by atoms with E-state index in [1.54, 1.807) is 34.8 Å². The van der Waals surface area contributed by atoms with E-state index in [1.165, 1.54) is 6.20 Å². The maximum absolute atomic E-state index is 12.7. The number of aliphatic imine (C=N–C) groups is 1. The summed E-state index contributed by atoms with van der Waals surface area (Å²) in [6, 6.07) is 5.71.